The third-order valence-corrected chi connectivity index (χ3v) is 7.28. The number of nitrogens with one attached hydrogen (secondary N) is 2. The third kappa shape index (κ3) is 5.07. The standard InChI is InChI=1S/C22H29N3O4S/c1-17(21(18-8-5-4-6-9-18)25-12-14-29-15-13-25)23-22(26)19-10-7-11-20(16-19)30(27,28)24(2)3/h4-11,16-17,21H,12-15H2,1-3H3,(H,23,26)/p+1/t17-,21-/m0/s1. The van der Waals surface area contributed by atoms with Gasteiger partial charge in [-0.25, -0.2) is 12.7 Å². The molecule has 1 aliphatic heterocycles. The molecule has 1 heterocycles. The molecule has 0 radical (unpaired) electrons. The molecule has 2 N–H and O–H groups in total. The number of morpholine rings is 1. The Kier molecular flexibility index (Phi) is 7.25. The lowest BCUT2D eigenvalue weighted by molar-refractivity contribution is -0.940. The molecule has 30 heavy (non-hydrogen) atoms. The Morgan fingerprint density at radius 2 is 1.73 bits per heavy atom. The summed E-state index contributed by atoms with van der Waals surface area (Å²) in [6.07, 6.45) is 0. The van der Waals surface area contributed by atoms with Gasteiger partial charge in [0.15, 0.2) is 0 Å². The highest BCUT2D eigenvalue weighted by Gasteiger charge is 2.32. The summed E-state index contributed by atoms with van der Waals surface area (Å²) in [6, 6.07) is 16.2. The average molecular weight is 433 g/mol. The van der Waals surface area contributed by atoms with Gasteiger partial charge in [0.25, 0.3) is 5.91 Å². The summed E-state index contributed by atoms with van der Waals surface area (Å²) in [5.74, 6) is -0.285. The molecule has 0 unspecified atom stereocenters. The van der Waals surface area contributed by atoms with Crippen molar-refractivity contribution in [1.29, 1.82) is 0 Å². The molecule has 2 aromatic carbocycles. The fraction of sp³-hybridized carbons (Fsp3) is 0.409. The van der Waals surface area contributed by atoms with Gasteiger partial charge in [0.1, 0.15) is 19.1 Å². The molecule has 1 fully saturated rings. The molecule has 1 saturated heterocycles. The minimum atomic E-state index is -3.60. The minimum absolute atomic E-state index is 0.0766. The molecule has 7 nitrogen and oxygen atoms in total. The fourth-order valence-corrected chi connectivity index (χ4v) is 4.81. The van der Waals surface area contributed by atoms with E-state index in [1.54, 1.807) is 12.1 Å². The highest BCUT2D eigenvalue weighted by Crippen LogP contribution is 2.17. The third-order valence-electron chi connectivity index (χ3n) is 5.47. The van der Waals surface area contributed by atoms with Crippen LogP contribution in [-0.4, -0.2) is 65.1 Å². The van der Waals surface area contributed by atoms with Crippen molar-refractivity contribution < 1.29 is 22.8 Å². The molecule has 1 aliphatic rings. The lowest BCUT2D eigenvalue weighted by Crippen LogP contribution is -3.15. The van der Waals surface area contributed by atoms with Crippen LogP contribution in [0.15, 0.2) is 59.5 Å². The number of carbonyl (C=O) groups excluding carboxylic acids is 1. The zero-order valence-electron chi connectivity index (χ0n) is 17.7. The van der Waals surface area contributed by atoms with Crippen molar-refractivity contribution >= 4 is 15.9 Å². The van der Waals surface area contributed by atoms with E-state index in [1.165, 1.54) is 31.1 Å². The van der Waals surface area contributed by atoms with Gasteiger partial charge in [0.05, 0.1) is 24.2 Å². The van der Waals surface area contributed by atoms with E-state index >= 15 is 0 Å². The number of rotatable bonds is 7. The number of ether oxygens (including phenoxy) is 1. The molecular formula is C22H30N3O4S+. The van der Waals surface area contributed by atoms with E-state index in [0.717, 1.165) is 23.0 Å². The van der Waals surface area contributed by atoms with Gasteiger partial charge >= 0.3 is 0 Å². The first-order valence-corrected chi connectivity index (χ1v) is 11.6. The first kappa shape index (κ1) is 22.4. The van der Waals surface area contributed by atoms with E-state index in [1.807, 2.05) is 25.1 Å². The second-order valence-corrected chi connectivity index (χ2v) is 9.89. The Morgan fingerprint density at radius 1 is 1.07 bits per heavy atom. The Morgan fingerprint density at radius 3 is 2.37 bits per heavy atom. The van der Waals surface area contributed by atoms with Crippen molar-refractivity contribution in [2.24, 2.45) is 0 Å². The normalized spacial score (nSPS) is 17.5. The second kappa shape index (κ2) is 9.70. The average Bonchev–Trinajstić information content (AvgIpc) is 2.75. The predicted molar refractivity (Wildman–Crippen MR) is 115 cm³/mol. The lowest BCUT2D eigenvalue weighted by atomic mass is 9.97. The SMILES string of the molecule is C[C@H](NC(=O)c1cccc(S(=O)(=O)N(C)C)c1)[C@@H](c1ccccc1)[NH+]1CCOCC1. The largest absolute Gasteiger partial charge is 0.370 e. The van der Waals surface area contributed by atoms with Crippen molar-refractivity contribution in [3.63, 3.8) is 0 Å². The molecule has 1 amide bonds. The van der Waals surface area contributed by atoms with Crippen molar-refractivity contribution in [2.45, 2.75) is 23.9 Å². The van der Waals surface area contributed by atoms with Gasteiger partial charge in [-0.15, -0.1) is 0 Å². The molecule has 0 aliphatic carbocycles. The number of amides is 1. The van der Waals surface area contributed by atoms with Crippen LogP contribution in [0, 0.1) is 0 Å². The highest BCUT2D eigenvalue weighted by molar-refractivity contribution is 7.89. The van der Waals surface area contributed by atoms with Gasteiger partial charge in [0, 0.05) is 25.2 Å². The zero-order chi connectivity index (χ0) is 21.7. The Balaban J connectivity index is 1.82. The summed E-state index contributed by atoms with van der Waals surface area (Å²) in [5.41, 5.74) is 1.49. The maximum atomic E-state index is 13.0. The van der Waals surface area contributed by atoms with E-state index in [2.05, 4.69) is 17.4 Å². The van der Waals surface area contributed by atoms with E-state index in [9.17, 15) is 13.2 Å². The molecule has 3 rings (SSSR count). The second-order valence-electron chi connectivity index (χ2n) is 7.74. The number of carbonyl (C=O) groups is 1. The molecule has 2 atom stereocenters. The molecule has 2 aromatic rings. The van der Waals surface area contributed by atoms with Gasteiger partial charge < -0.3 is 15.0 Å². The van der Waals surface area contributed by atoms with Gasteiger partial charge in [-0.3, -0.25) is 4.79 Å². The molecule has 0 aromatic heterocycles. The van der Waals surface area contributed by atoms with Crippen molar-refractivity contribution in [3.8, 4) is 0 Å². The van der Waals surface area contributed by atoms with Crippen LogP contribution in [0.2, 0.25) is 0 Å². The maximum absolute atomic E-state index is 13.0. The number of nitrogens with zero attached hydrogens (tertiary/aromatic N) is 1. The molecule has 8 heteroatoms. The first-order valence-electron chi connectivity index (χ1n) is 10.1. The number of sulfonamides is 1. The number of benzene rings is 2. The smallest absolute Gasteiger partial charge is 0.251 e. The minimum Gasteiger partial charge on any atom is -0.370 e. The quantitative estimate of drug-likeness (QED) is 0.676. The molecule has 0 spiro atoms. The van der Waals surface area contributed by atoms with Gasteiger partial charge in [-0.1, -0.05) is 36.4 Å². The van der Waals surface area contributed by atoms with E-state index in [-0.39, 0.29) is 22.9 Å². The van der Waals surface area contributed by atoms with Crippen LogP contribution in [0.5, 0.6) is 0 Å². The van der Waals surface area contributed by atoms with Crippen LogP contribution in [0.1, 0.15) is 28.9 Å². The maximum Gasteiger partial charge on any atom is 0.251 e. The van der Waals surface area contributed by atoms with Crippen LogP contribution < -0.4 is 10.2 Å². The summed E-state index contributed by atoms with van der Waals surface area (Å²) in [5, 5.41) is 3.09. The Hall–Kier alpha value is -2.26. The van der Waals surface area contributed by atoms with Gasteiger partial charge in [-0.05, 0) is 25.1 Å². The van der Waals surface area contributed by atoms with Crippen molar-refractivity contribution in [2.75, 3.05) is 40.4 Å². The van der Waals surface area contributed by atoms with Crippen LogP contribution in [0.3, 0.4) is 0 Å². The van der Waals surface area contributed by atoms with Crippen molar-refractivity contribution in [3.05, 3.63) is 65.7 Å². The fourth-order valence-electron chi connectivity index (χ4n) is 3.86. The topological polar surface area (TPSA) is 80.2 Å². The summed E-state index contributed by atoms with van der Waals surface area (Å²) in [6.45, 7) is 5.14. The Labute approximate surface area is 178 Å². The van der Waals surface area contributed by atoms with Gasteiger partial charge in [0.2, 0.25) is 10.0 Å². The van der Waals surface area contributed by atoms with Crippen LogP contribution in [0.25, 0.3) is 0 Å². The van der Waals surface area contributed by atoms with Crippen molar-refractivity contribution in [1.82, 2.24) is 9.62 Å². The summed E-state index contributed by atoms with van der Waals surface area (Å²) < 4.78 is 31.5. The van der Waals surface area contributed by atoms with Crippen LogP contribution >= 0.6 is 0 Å². The summed E-state index contributed by atoms with van der Waals surface area (Å²) in [4.78, 5) is 14.4. The zero-order valence-corrected chi connectivity index (χ0v) is 18.5. The first-order chi connectivity index (χ1) is 14.3. The van der Waals surface area contributed by atoms with Crippen LogP contribution in [0.4, 0.5) is 0 Å². The van der Waals surface area contributed by atoms with Crippen LogP contribution in [-0.2, 0) is 14.8 Å². The van der Waals surface area contributed by atoms with Gasteiger partial charge in [-0.2, -0.15) is 0 Å². The van der Waals surface area contributed by atoms with E-state index < -0.39 is 10.0 Å². The predicted octanol–water partition coefficient (Wildman–Crippen LogP) is 0.712. The van der Waals surface area contributed by atoms with E-state index in [0.29, 0.717) is 18.8 Å². The molecule has 0 saturated carbocycles. The Bertz CT molecular complexity index is 957. The molecule has 162 valence electrons. The summed E-state index contributed by atoms with van der Waals surface area (Å²) in [7, 11) is -0.659. The highest BCUT2D eigenvalue weighted by atomic mass is 32.2. The lowest BCUT2D eigenvalue weighted by Gasteiger charge is -2.35. The molecular weight excluding hydrogens is 402 g/mol. The summed E-state index contributed by atoms with van der Waals surface area (Å²) >= 11 is 0. The molecule has 0 bridgehead atoms. The van der Waals surface area contributed by atoms with E-state index in [4.69, 9.17) is 4.74 Å². The number of hydrogen-bond donors (Lipinski definition) is 2. The monoisotopic (exact) mass is 432 g/mol. The number of quaternary nitrogens is 1. The number of hydrogen-bond acceptors (Lipinski definition) is 4.